The molecule has 7 nitrogen and oxygen atoms in total. The van der Waals surface area contributed by atoms with Crippen LogP contribution >= 0.6 is 0 Å². The van der Waals surface area contributed by atoms with Crippen molar-refractivity contribution in [2.45, 2.75) is 6.18 Å². The van der Waals surface area contributed by atoms with Crippen molar-refractivity contribution in [2.24, 2.45) is 0 Å². The van der Waals surface area contributed by atoms with Gasteiger partial charge in [-0.1, -0.05) is 30.3 Å². The van der Waals surface area contributed by atoms with Crippen LogP contribution in [0.25, 0.3) is 11.1 Å². The van der Waals surface area contributed by atoms with E-state index in [-0.39, 0.29) is 17.2 Å². The number of aromatic nitrogens is 1. The third-order valence-electron chi connectivity index (χ3n) is 3.77. The molecule has 0 saturated carbocycles. The number of amides is 1. The number of halogens is 3. The van der Waals surface area contributed by atoms with E-state index in [1.807, 2.05) is 12.1 Å². The standard InChI is InChI=1S/C19H14N2O3.C2HF3O2/c22-18(13-5-2-1-3-6-13)21-17-11-14(8-9-16(17)19(23)24)15-7-4-10-20-12-15;3-2(4,5)1(6)7/h1-12H,(H,21,22)(H,23,24);(H,6,7). The van der Waals surface area contributed by atoms with Crippen LogP contribution in [-0.4, -0.2) is 39.2 Å². The minimum absolute atomic E-state index is 0.0342. The second-order valence-corrected chi connectivity index (χ2v) is 5.93. The maximum absolute atomic E-state index is 12.3. The van der Waals surface area contributed by atoms with Gasteiger partial charge in [0.25, 0.3) is 5.91 Å². The van der Waals surface area contributed by atoms with Crippen molar-refractivity contribution in [2.75, 3.05) is 5.32 Å². The molecule has 0 bridgehead atoms. The molecule has 0 spiro atoms. The predicted molar refractivity (Wildman–Crippen MR) is 105 cm³/mol. The summed E-state index contributed by atoms with van der Waals surface area (Å²) < 4.78 is 31.7. The lowest BCUT2D eigenvalue weighted by molar-refractivity contribution is -0.192. The molecule has 0 aliphatic carbocycles. The van der Waals surface area contributed by atoms with Crippen molar-refractivity contribution in [3.63, 3.8) is 0 Å². The first kappa shape index (κ1) is 23.1. The number of hydrogen-bond acceptors (Lipinski definition) is 4. The number of carbonyl (C=O) groups excluding carboxylic acids is 1. The molecule has 0 saturated heterocycles. The number of rotatable bonds is 4. The number of carboxylic acid groups (broad SMARTS) is 2. The Morgan fingerprint density at radius 3 is 2.03 bits per heavy atom. The van der Waals surface area contributed by atoms with Gasteiger partial charge in [0.2, 0.25) is 0 Å². The van der Waals surface area contributed by atoms with E-state index < -0.39 is 18.1 Å². The lowest BCUT2D eigenvalue weighted by Gasteiger charge is -2.11. The highest BCUT2D eigenvalue weighted by Gasteiger charge is 2.38. The van der Waals surface area contributed by atoms with E-state index in [0.29, 0.717) is 5.56 Å². The number of aliphatic carboxylic acids is 1. The molecule has 2 aromatic carbocycles. The Hall–Kier alpha value is -4.21. The first-order valence-electron chi connectivity index (χ1n) is 8.54. The fourth-order valence-corrected chi connectivity index (χ4v) is 2.33. The van der Waals surface area contributed by atoms with Crippen molar-refractivity contribution in [1.82, 2.24) is 4.98 Å². The van der Waals surface area contributed by atoms with Gasteiger partial charge in [0.1, 0.15) is 0 Å². The summed E-state index contributed by atoms with van der Waals surface area (Å²) in [6, 6.07) is 17.1. The Bertz CT molecular complexity index is 1070. The van der Waals surface area contributed by atoms with Crippen LogP contribution in [-0.2, 0) is 4.79 Å². The molecule has 0 aliphatic heterocycles. The van der Waals surface area contributed by atoms with Gasteiger partial charge in [-0.05, 0) is 35.9 Å². The number of nitrogens with one attached hydrogen (secondary N) is 1. The lowest BCUT2D eigenvalue weighted by atomic mass is 10.0. The molecular formula is C21H15F3N2O5. The molecule has 1 heterocycles. The monoisotopic (exact) mass is 432 g/mol. The quantitative estimate of drug-likeness (QED) is 0.565. The second-order valence-electron chi connectivity index (χ2n) is 5.93. The van der Waals surface area contributed by atoms with Crippen LogP contribution in [0.5, 0.6) is 0 Å². The summed E-state index contributed by atoms with van der Waals surface area (Å²) in [6.45, 7) is 0. The smallest absolute Gasteiger partial charge is 0.478 e. The van der Waals surface area contributed by atoms with Crippen molar-refractivity contribution < 1.29 is 37.8 Å². The fraction of sp³-hybridized carbons (Fsp3) is 0.0476. The first-order valence-corrected chi connectivity index (χ1v) is 8.54. The van der Waals surface area contributed by atoms with Gasteiger partial charge in [0, 0.05) is 23.5 Å². The lowest BCUT2D eigenvalue weighted by Crippen LogP contribution is -2.21. The molecule has 3 rings (SSSR count). The molecule has 0 fully saturated rings. The Kier molecular flexibility index (Phi) is 7.45. The highest BCUT2D eigenvalue weighted by atomic mass is 19.4. The van der Waals surface area contributed by atoms with Crippen LogP contribution in [0.4, 0.5) is 18.9 Å². The number of pyridine rings is 1. The van der Waals surface area contributed by atoms with E-state index in [2.05, 4.69) is 10.3 Å². The van der Waals surface area contributed by atoms with Crippen LogP contribution in [0.1, 0.15) is 20.7 Å². The number of anilines is 1. The molecule has 0 aliphatic rings. The van der Waals surface area contributed by atoms with Crippen LogP contribution in [0.15, 0.2) is 73.1 Å². The van der Waals surface area contributed by atoms with Crippen molar-refractivity contribution in [3.8, 4) is 11.1 Å². The molecule has 0 radical (unpaired) electrons. The third kappa shape index (κ3) is 6.67. The third-order valence-corrected chi connectivity index (χ3v) is 3.77. The Morgan fingerprint density at radius 2 is 1.52 bits per heavy atom. The molecule has 31 heavy (non-hydrogen) atoms. The fourth-order valence-electron chi connectivity index (χ4n) is 2.33. The van der Waals surface area contributed by atoms with Crippen molar-refractivity contribution >= 4 is 23.5 Å². The normalized spacial score (nSPS) is 10.4. The van der Waals surface area contributed by atoms with Gasteiger partial charge in [0.05, 0.1) is 11.3 Å². The van der Waals surface area contributed by atoms with E-state index in [1.165, 1.54) is 6.07 Å². The Labute approximate surface area is 173 Å². The van der Waals surface area contributed by atoms with Gasteiger partial charge in [0.15, 0.2) is 0 Å². The number of nitrogens with zero attached hydrogens (tertiary/aromatic N) is 1. The number of carbonyl (C=O) groups is 3. The van der Waals surface area contributed by atoms with Crippen molar-refractivity contribution in [3.05, 3.63) is 84.2 Å². The van der Waals surface area contributed by atoms with Gasteiger partial charge in [-0.3, -0.25) is 9.78 Å². The summed E-state index contributed by atoms with van der Waals surface area (Å²) in [6.07, 6.45) is -1.74. The number of carboxylic acids is 2. The van der Waals surface area contributed by atoms with Gasteiger partial charge >= 0.3 is 18.1 Å². The van der Waals surface area contributed by atoms with Gasteiger partial charge in [-0.25, -0.2) is 9.59 Å². The molecule has 0 atom stereocenters. The Balaban J connectivity index is 0.000000423. The molecule has 3 N–H and O–H groups in total. The van der Waals surface area contributed by atoms with Crippen LogP contribution in [0.3, 0.4) is 0 Å². The molecule has 3 aromatic rings. The van der Waals surface area contributed by atoms with Crippen LogP contribution in [0, 0.1) is 0 Å². The summed E-state index contributed by atoms with van der Waals surface area (Å²) >= 11 is 0. The average molecular weight is 432 g/mol. The van der Waals surface area contributed by atoms with Gasteiger partial charge in [-0.15, -0.1) is 0 Å². The van der Waals surface area contributed by atoms with Crippen LogP contribution in [0.2, 0.25) is 0 Å². The van der Waals surface area contributed by atoms with Gasteiger partial charge < -0.3 is 15.5 Å². The zero-order valence-electron chi connectivity index (χ0n) is 15.6. The largest absolute Gasteiger partial charge is 0.490 e. The first-order chi connectivity index (χ1) is 14.6. The van der Waals surface area contributed by atoms with E-state index in [0.717, 1.165) is 11.1 Å². The summed E-state index contributed by atoms with van der Waals surface area (Å²) in [4.78, 5) is 36.7. The summed E-state index contributed by atoms with van der Waals surface area (Å²) in [5.74, 6) is -4.22. The molecule has 10 heteroatoms. The zero-order chi connectivity index (χ0) is 23.0. The number of alkyl halides is 3. The van der Waals surface area contributed by atoms with Crippen molar-refractivity contribution in [1.29, 1.82) is 0 Å². The maximum Gasteiger partial charge on any atom is 0.490 e. The molecule has 0 unspecified atom stereocenters. The molecule has 160 valence electrons. The number of aromatic carboxylic acids is 1. The minimum atomic E-state index is -5.08. The molecular weight excluding hydrogens is 417 g/mol. The van der Waals surface area contributed by atoms with Crippen LogP contribution < -0.4 is 5.32 Å². The highest BCUT2D eigenvalue weighted by molar-refractivity contribution is 6.08. The van der Waals surface area contributed by atoms with Gasteiger partial charge in [-0.2, -0.15) is 13.2 Å². The summed E-state index contributed by atoms with van der Waals surface area (Å²) in [7, 11) is 0. The highest BCUT2D eigenvalue weighted by Crippen LogP contribution is 2.26. The topological polar surface area (TPSA) is 117 Å². The number of hydrogen-bond donors (Lipinski definition) is 3. The minimum Gasteiger partial charge on any atom is -0.478 e. The zero-order valence-corrected chi connectivity index (χ0v) is 15.6. The summed E-state index contributed by atoms with van der Waals surface area (Å²) in [5.41, 5.74) is 2.35. The SMILES string of the molecule is O=C(Nc1cc(-c2cccnc2)ccc1C(=O)O)c1ccccc1.O=C(O)C(F)(F)F. The van der Waals surface area contributed by atoms with E-state index >= 15 is 0 Å². The predicted octanol–water partition coefficient (Wildman–Crippen LogP) is 4.33. The molecule has 1 amide bonds. The Morgan fingerprint density at radius 1 is 0.871 bits per heavy atom. The number of benzene rings is 2. The van der Waals surface area contributed by atoms with E-state index in [9.17, 15) is 27.9 Å². The molecule has 1 aromatic heterocycles. The average Bonchev–Trinajstić information content (AvgIpc) is 2.74. The van der Waals surface area contributed by atoms with E-state index in [1.54, 1.807) is 54.9 Å². The maximum atomic E-state index is 12.3. The van der Waals surface area contributed by atoms with E-state index in [4.69, 9.17) is 9.90 Å². The summed E-state index contributed by atoms with van der Waals surface area (Å²) in [5, 5.41) is 19.2. The second kappa shape index (κ2) is 10.0.